The van der Waals surface area contributed by atoms with Crippen LogP contribution in [0.5, 0.6) is 0 Å². The summed E-state index contributed by atoms with van der Waals surface area (Å²) in [6, 6.07) is 5.39. The maximum absolute atomic E-state index is 14.0. The van der Waals surface area contributed by atoms with Gasteiger partial charge >= 0.3 is 6.09 Å². The number of anilines is 1. The lowest BCUT2D eigenvalue weighted by atomic mass is 9.93. The van der Waals surface area contributed by atoms with E-state index in [1.165, 1.54) is 12.5 Å². The lowest BCUT2D eigenvalue weighted by Crippen LogP contribution is -2.55. The molecular weight excluding hydrogens is 626 g/mol. The molecule has 0 saturated heterocycles. The van der Waals surface area contributed by atoms with Crippen molar-refractivity contribution in [3.05, 3.63) is 48.4 Å². The second-order valence-corrected chi connectivity index (χ2v) is 15.8. The van der Waals surface area contributed by atoms with Crippen LogP contribution in [-0.4, -0.2) is 72.1 Å². The molecule has 1 aromatic heterocycles. The number of nitrogens with one attached hydrogen (secondary N) is 3. The summed E-state index contributed by atoms with van der Waals surface area (Å²) in [5.41, 5.74) is 0.421. The van der Waals surface area contributed by atoms with Crippen LogP contribution in [0.25, 0.3) is 11.5 Å². The SMILES string of the molecule is Cc1ccc(-c2ncco2)c(NC(=O)O[C@@H]2C[C@H]3C(=O)N[C@]4(C(=O)NS(=O)(=O)C5(C)CC5)C[C@H]4/C=C\CCCCN(C)C(=O)[C@@H]3C2)c1. The Bertz CT molecular complexity index is 1700. The fourth-order valence-electron chi connectivity index (χ4n) is 6.59. The summed E-state index contributed by atoms with van der Waals surface area (Å²) < 4.78 is 38.3. The van der Waals surface area contributed by atoms with Gasteiger partial charge in [0.05, 0.1) is 34.0 Å². The largest absolute Gasteiger partial charge is 0.446 e. The van der Waals surface area contributed by atoms with E-state index in [0.717, 1.165) is 24.8 Å². The van der Waals surface area contributed by atoms with Gasteiger partial charge in [-0.3, -0.25) is 24.4 Å². The molecule has 0 radical (unpaired) electrons. The standard InChI is InChI=1S/C33H41N5O8S/c1-20-9-10-23(28-34-13-15-45-28)26(16-20)35-31(42)46-22-17-24-25(18-22)29(40)38(3)14-7-5-4-6-8-21-19-33(21,36-27(24)39)30(41)37-47(43,44)32(2)11-12-32/h6,8-10,13,15-16,21-22,24-25H,4-5,7,11-12,14,17-19H2,1-3H3,(H,35,42)(H,36,39)(H,37,41)/b8-6-/t21-,22-,24-,25-,33-/m1/s1. The Morgan fingerprint density at radius 1 is 1.15 bits per heavy atom. The summed E-state index contributed by atoms with van der Waals surface area (Å²) in [7, 11) is -2.25. The number of oxazole rings is 1. The minimum absolute atomic E-state index is 0.0541. The number of carbonyl (C=O) groups excluding carboxylic acids is 4. The van der Waals surface area contributed by atoms with Crippen LogP contribution in [0.3, 0.4) is 0 Å². The molecule has 0 bridgehead atoms. The topological polar surface area (TPSA) is 177 Å². The van der Waals surface area contributed by atoms with Crippen LogP contribution >= 0.6 is 0 Å². The molecule has 2 heterocycles. The van der Waals surface area contributed by atoms with Crippen LogP contribution in [0.2, 0.25) is 0 Å². The maximum Gasteiger partial charge on any atom is 0.411 e. The monoisotopic (exact) mass is 667 g/mol. The number of rotatable bonds is 6. The second-order valence-electron chi connectivity index (χ2n) is 13.6. The number of fused-ring (bicyclic) bond motifs is 2. The molecule has 252 valence electrons. The molecule has 2 aromatic rings. The minimum atomic E-state index is -3.94. The van der Waals surface area contributed by atoms with Gasteiger partial charge in [-0.25, -0.2) is 18.2 Å². The molecule has 13 nitrogen and oxygen atoms in total. The Morgan fingerprint density at radius 3 is 2.64 bits per heavy atom. The molecule has 3 aliphatic carbocycles. The molecule has 6 rings (SSSR count). The van der Waals surface area contributed by atoms with Crippen LogP contribution in [0.15, 0.2) is 47.2 Å². The zero-order chi connectivity index (χ0) is 33.6. The van der Waals surface area contributed by atoms with Crippen molar-refractivity contribution in [3.63, 3.8) is 0 Å². The lowest BCUT2D eigenvalue weighted by molar-refractivity contribution is -0.140. The third-order valence-corrected chi connectivity index (χ3v) is 12.1. The molecule has 3 saturated carbocycles. The van der Waals surface area contributed by atoms with Crippen LogP contribution in [-0.2, 0) is 29.1 Å². The number of aromatic nitrogens is 1. The molecule has 3 N–H and O–H groups in total. The number of amides is 4. The van der Waals surface area contributed by atoms with Crippen molar-refractivity contribution in [1.82, 2.24) is 19.9 Å². The van der Waals surface area contributed by atoms with E-state index in [9.17, 15) is 27.6 Å². The Labute approximate surface area is 273 Å². The number of hydrogen-bond acceptors (Lipinski definition) is 9. The van der Waals surface area contributed by atoms with Crippen molar-refractivity contribution in [3.8, 4) is 11.5 Å². The number of allylic oxidation sites excluding steroid dienone is 1. The van der Waals surface area contributed by atoms with E-state index >= 15 is 0 Å². The van der Waals surface area contributed by atoms with Gasteiger partial charge in [-0.15, -0.1) is 0 Å². The Hall–Kier alpha value is -4.20. The molecule has 5 atom stereocenters. The first kappa shape index (κ1) is 32.7. The van der Waals surface area contributed by atoms with Gasteiger partial charge in [-0.05, 0) is 82.9 Å². The molecule has 14 heteroatoms. The fraction of sp³-hybridized carbons (Fsp3) is 0.545. The van der Waals surface area contributed by atoms with E-state index in [0.29, 0.717) is 36.5 Å². The zero-order valence-corrected chi connectivity index (χ0v) is 27.6. The van der Waals surface area contributed by atoms with E-state index in [4.69, 9.17) is 9.15 Å². The van der Waals surface area contributed by atoms with Crippen molar-refractivity contribution in [2.24, 2.45) is 17.8 Å². The molecular formula is C33H41N5O8S. The smallest absolute Gasteiger partial charge is 0.411 e. The van der Waals surface area contributed by atoms with Crippen molar-refractivity contribution in [2.75, 3.05) is 18.9 Å². The summed E-state index contributed by atoms with van der Waals surface area (Å²) in [5.74, 6) is -3.34. The van der Waals surface area contributed by atoms with E-state index in [1.807, 2.05) is 25.1 Å². The van der Waals surface area contributed by atoms with Crippen LogP contribution < -0.4 is 15.4 Å². The number of aryl methyl sites for hydroxylation is 1. The second kappa shape index (κ2) is 12.4. The predicted octanol–water partition coefficient (Wildman–Crippen LogP) is 3.67. The predicted molar refractivity (Wildman–Crippen MR) is 171 cm³/mol. The van der Waals surface area contributed by atoms with E-state index in [2.05, 4.69) is 20.3 Å². The average Bonchev–Trinajstić information content (AvgIpc) is 3.77. The zero-order valence-electron chi connectivity index (χ0n) is 26.8. The highest BCUT2D eigenvalue weighted by molar-refractivity contribution is 7.91. The molecule has 47 heavy (non-hydrogen) atoms. The number of hydrogen-bond donors (Lipinski definition) is 3. The highest BCUT2D eigenvalue weighted by Crippen LogP contribution is 2.48. The van der Waals surface area contributed by atoms with Crippen molar-refractivity contribution in [2.45, 2.75) is 81.6 Å². The summed E-state index contributed by atoms with van der Waals surface area (Å²) in [4.78, 5) is 60.2. The van der Waals surface area contributed by atoms with Crippen LogP contribution in [0.4, 0.5) is 10.5 Å². The van der Waals surface area contributed by atoms with Crippen molar-refractivity contribution in [1.29, 1.82) is 0 Å². The number of sulfonamides is 1. The third kappa shape index (κ3) is 6.65. The molecule has 4 amide bonds. The number of ether oxygens (including phenoxy) is 1. The van der Waals surface area contributed by atoms with Gasteiger partial charge in [-0.2, -0.15) is 0 Å². The first-order valence-corrected chi connectivity index (χ1v) is 17.6. The molecule has 1 aliphatic heterocycles. The number of benzene rings is 1. The quantitative estimate of drug-likeness (QED) is 0.388. The third-order valence-electron chi connectivity index (χ3n) is 9.98. The molecule has 0 unspecified atom stereocenters. The van der Waals surface area contributed by atoms with Gasteiger partial charge in [0, 0.05) is 19.5 Å². The summed E-state index contributed by atoms with van der Waals surface area (Å²) >= 11 is 0. The molecule has 0 spiro atoms. The maximum atomic E-state index is 14.0. The molecule has 3 fully saturated rings. The van der Waals surface area contributed by atoms with Crippen molar-refractivity contribution < 1.29 is 36.7 Å². The Balaban J connectivity index is 1.21. The fourth-order valence-corrected chi connectivity index (χ4v) is 7.90. The normalized spacial score (nSPS) is 29.4. The summed E-state index contributed by atoms with van der Waals surface area (Å²) in [6.45, 7) is 3.97. The summed E-state index contributed by atoms with van der Waals surface area (Å²) in [5, 5.41) is 5.61. The van der Waals surface area contributed by atoms with Crippen LogP contribution in [0.1, 0.15) is 63.9 Å². The van der Waals surface area contributed by atoms with Gasteiger partial charge in [-0.1, -0.05) is 18.2 Å². The number of nitrogens with zero attached hydrogens (tertiary/aromatic N) is 2. The van der Waals surface area contributed by atoms with Gasteiger partial charge in [0.25, 0.3) is 5.91 Å². The van der Waals surface area contributed by atoms with Crippen molar-refractivity contribution >= 4 is 39.5 Å². The molecule has 1 aromatic carbocycles. The van der Waals surface area contributed by atoms with Gasteiger partial charge in [0.2, 0.25) is 27.7 Å². The molecule has 4 aliphatic rings. The van der Waals surface area contributed by atoms with Gasteiger partial charge in [0.1, 0.15) is 17.9 Å². The highest BCUT2D eigenvalue weighted by Gasteiger charge is 2.63. The van der Waals surface area contributed by atoms with Gasteiger partial charge < -0.3 is 19.4 Å². The van der Waals surface area contributed by atoms with Crippen LogP contribution in [0, 0.1) is 24.7 Å². The Kier molecular flexibility index (Phi) is 8.66. The number of carbonyl (C=O) groups is 4. The summed E-state index contributed by atoms with van der Waals surface area (Å²) in [6.07, 6.45) is 8.81. The average molecular weight is 668 g/mol. The Morgan fingerprint density at radius 2 is 1.91 bits per heavy atom. The first-order chi connectivity index (χ1) is 22.3. The highest BCUT2D eigenvalue weighted by atomic mass is 32.2. The van der Waals surface area contributed by atoms with Gasteiger partial charge in [0.15, 0.2) is 0 Å². The first-order valence-electron chi connectivity index (χ1n) is 16.1. The van der Waals surface area contributed by atoms with E-state index in [1.54, 1.807) is 31.0 Å². The van der Waals surface area contributed by atoms with E-state index in [-0.39, 0.29) is 31.1 Å². The lowest BCUT2D eigenvalue weighted by Gasteiger charge is -2.27. The minimum Gasteiger partial charge on any atom is -0.446 e. The van der Waals surface area contributed by atoms with E-state index < -0.39 is 56.2 Å².